The number of methoxy groups -OCH3 is 1. The summed E-state index contributed by atoms with van der Waals surface area (Å²) in [6.07, 6.45) is 0.877. The van der Waals surface area contributed by atoms with E-state index in [0.29, 0.717) is 0 Å². The Morgan fingerprint density at radius 1 is 1.47 bits per heavy atom. The largest absolute Gasteiger partial charge is 0.496 e. The van der Waals surface area contributed by atoms with Crippen molar-refractivity contribution in [3.05, 3.63) is 29.3 Å². The van der Waals surface area contributed by atoms with Gasteiger partial charge in [-0.3, -0.25) is 0 Å². The summed E-state index contributed by atoms with van der Waals surface area (Å²) in [4.78, 5) is 0. The minimum absolute atomic E-state index is 0.0348. The van der Waals surface area contributed by atoms with E-state index in [4.69, 9.17) is 10.5 Å². The summed E-state index contributed by atoms with van der Waals surface area (Å²) in [6, 6.07) is 5.85. The molecule has 0 radical (unpaired) electrons. The summed E-state index contributed by atoms with van der Waals surface area (Å²) in [5.74, 6) is 6.95. The van der Waals surface area contributed by atoms with Crippen LogP contribution in [0.4, 0.5) is 0 Å². The van der Waals surface area contributed by atoms with Crippen LogP contribution >= 0.6 is 0 Å². The quantitative estimate of drug-likeness (QED) is 0.747. The summed E-state index contributed by atoms with van der Waals surface area (Å²) < 4.78 is 5.17. The molecule has 0 fully saturated rings. The van der Waals surface area contributed by atoms with E-state index in [2.05, 4.69) is 11.8 Å². The van der Waals surface area contributed by atoms with Crippen LogP contribution in [-0.4, -0.2) is 13.2 Å². The van der Waals surface area contributed by atoms with Crippen LogP contribution in [0.15, 0.2) is 18.2 Å². The maximum atomic E-state index is 5.72. The van der Waals surface area contributed by atoms with Crippen LogP contribution in [0.1, 0.15) is 24.5 Å². The molecule has 15 heavy (non-hydrogen) atoms. The molecule has 0 aromatic heterocycles. The molecule has 80 valence electrons. The number of benzene rings is 1. The van der Waals surface area contributed by atoms with Crippen LogP contribution in [0.3, 0.4) is 0 Å². The number of ether oxygens (including phenoxy) is 1. The van der Waals surface area contributed by atoms with E-state index < -0.39 is 0 Å². The summed E-state index contributed by atoms with van der Waals surface area (Å²) in [6.45, 7) is 4.03. The third-order valence-electron chi connectivity index (χ3n) is 2.24. The molecule has 1 aromatic rings. The van der Waals surface area contributed by atoms with Crippen LogP contribution in [0, 0.1) is 18.8 Å². The Bertz CT molecular complexity index is 387. The van der Waals surface area contributed by atoms with Crippen LogP contribution < -0.4 is 10.5 Å². The predicted molar refractivity (Wildman–Crippen MR) is 62.9 cm³/mol. The molecule has 0 spiro atoms. The van der Waals surface area contributed by atoms with E-state index in [0.717, 1.165) is 23.3 Å². The third kappa shape index (κ3) is 3.30. The highest BCUT2D eigenvalue weighted by Gasteiger charge is 1.97. The zero-order valence-electron chi connectivity index (χ0n) is 9.50. The zero-order valence-corrected chi connectivity index (χ0v) is 9.50. The Morgan fingerprint density at radius 3 is 2.73 bits per heavy atom. The summed E-state index contributed by atoms with van der Waals surface area (Å²) >= 11 is 0. The first-order valence-corrected chi connectivity index (χ1v) is 5.09. The van der Waals surface area contributed by atoms with E-state index in [9.17, 15) is 0 Å². The molecule has 0 aliphatic rings. The average molecular weight is 203 g/mol. The van der Waals surface area contributed by atoms with Gasteiger partial charge >= 0.3 is 0 Å². The molecule has 0 bridgehead atoms. The fraction of sp³-hybridized carbons (Fsp3) is 0.385. The van der Waals surface area contributed by atoms with E-state index in [-0.39, 0.29) is 6.04 Å². The van der Waals surface area contributed by atoms with Gasteiger partial charge in [0.2, 0.25) is 0 Å². The minimum atomic E-state index is -0.0348. The molecule has 0 saturated heterocycles. The van der Waals surface area contributed by atoms with Gasteiger partial charge in [-0.1, -0.05) is 18.8 Å². The van der Waals surface area contributed by atoms with Crippen molar-refractivity contribution < 1.29 is 4.74 Å². The van der Waals surface area contributed by atoms with Gasteiger partial charge in [-0.2, -0.15) is 0 Å². The molecular weight excluding hydrogens is 186 g/mol. The lowest BCUT2D eigenvalue weighted by Gasteiger charge is -2.03. The van der Waals surface area contributed by atoms with Gasteiger partial charge in [0.05, 0.1) is 13.2 Å². The lowest BCUT2D eigenvalue weighted by Crippen LogP contribution is -2.15. The van der Waals surface area contributed by atoms with Crippen LogP contribution in [0.25, 0.3) is 0 Å². The highest BCUT2D eigenvalue weighted by molar-refractivity contribution is 5.43. The van der Waals surface area contributed by atoms with Crippen molar-refractivity contribution in [1.82, 2.24) is 0 Å². The van der Waals surface area contributed by atoms with Crippen molar-refractivity contribution in [3.63, 3.8) is 0 Å². The lowest BCUT2D eigenvalue weighted by molar-refractivity contribution is 0.411. The third-order valence-corrected chi connectivity index (χ3v) is 2.24. The zero-order chi connectivity index (χ0) is 11.3. The Morgan fingerprint density at radius 2 is 2.20 bits per heavy atom. The second-order valence-corrected chi connectivity index (χ2v) is 3.47. The molecular formula is C13H17NO. The normalized spacial score (nSPS) is 11.5. The molecule has 0 aliphatic carbocycles. The van der Waals surface area contributed by atoms with Crippen molar-refractivity contribution in [2.75, 3.05) is 7.11 Å². The summed E-state index contributed by atoms with van der Waals surface area (Å²) in [5, 5.41) is 0. The van der Waals surface area contributed by atoms with Crippen LogP contribution in [0.2, 0.25) is 0 Å². The SMILES string of the molecule is CCC(N)C#Cc1ccc(OC)c(C)c1. The maximum Gasteiger partial charge on any atom is 0.121 e. The molecule has 0 heterocycles. The molecule has 2 heteroatoms. The lowest BCUT2D eigenvalue weighted by atomic mass is 10.1. The van der Waals surface area contributed by atoms with Gasteiger partial charge < -0.3 is 10.5 Å². The van der Waals surface area contributed by atoms with Crippen LogP contribution in [-0.2, 0) is 0 Å². The Labute approximate surface area is 91.4 Å². The molecule has 2 nitrogen and oxygen atoms in total. The Kier molecular flexibility index (Phi) is 4.20. The molecule has 0 aliphatic heterocycles. The Balaban J connectivity index is 2.87. The highest BCUT2D eigenvalue weighted by atomic mass is 16.5. The van der Waals surface area contributed by atoms with Crippen molar-refractivity contribution in [1.29, 1.82) is 0 Å². The molecule has 1 atom stereocenters. The topological polar surface area (TPSA) is 35.2 Å². The molecule has 1 rings (SSSR count). The van der Waals surface area contributed by atoms with E-state index in [1.807, 2.05) is 32.0 Å². The first kappa shape index (κ1) is 11.6. The Hall–Kier alpha value is -1.46. The maximum absolute atomic E-state index is 5.72. The van der Waals surface area contributed by atoms with Gasteiger partial charge in [-0.05, 0) is 37.1 Å². The number of hydrogen-bond acceptors (Lipinski definition) is 2. The van der Waals surface area contributed by atoms with E-state index in [1.54, 1.807) is 7.11 Å². The molecule has 0 amide bonds. The van der Waals surface area contributed by atoms with Gasteiger partial charge in [-0.25, -0.2) is 0 Å². The van der Waals surface area contributed by atoms with Crippen molar-refractivity contribution in [3.8, 4) is 17.6 Å². The number of aryl methyl sites for hydroxylation is 1. The monoisotopic (exact) mass is 203 g/mol. The summed E-state index contributed by atoms with van der Waals surface area (Å²) in [7, 11) is 1.67. The van der Waals surface area contributed by atoms with E-state index in [1.165, 1.54) is 0 Å². The molecule has 1 unspecified atom stereocenters. The first-order chi connectivity index (χ1) is 7.17. The van der Waals surface area contributed by atoms with Crippen LogP contribution in [0.5, 0.6) is 5.75 Å². The molecule has 1 aromatic carbocycles. The second-order valence-electron chi connectivity index (χ2n) is 3.47. The van der Waals surface area contributed by atoms with Crippen molar-refractivity contribution in [2.24, 2.45) is 5.73 Å². The van der Waals surface area contributed by atoms with Crippen molar-refractivity contribution in [2.45, 2.75) is 26.3 Å². The van der Waals surface area contributed by atoms with Gasteiger partial charge in [0, 0.05) is 5.56 Å². The summed E-state index contributed by atoms with van der Waals surface area (Å²) in [5.41, 5.74) is 7.79. The van der Waals surface area contributed by atoms with Crippen molar-refractivity contribution >= 4 is 0 Å². The van der Waals surface area contributed by atoms with Gasteiger partial charge in [-0.15, -0.1) is 0 Å². The fourth-order valence-corrected chi connectivity index (χ4v) is 1.23. The molecule has 2 N–H and O–H groups in total. The average Bonchev–Trinajstić information content (AvgIpc) is 2.26. The van der Waals surface area contributed by atoms with Gasteiger partial charge in [0.1, 0.15) is 5.75 Å². The minimum Gasteiger partial charge on any atom is -0.496 e. The predicted octanol–water partition coefficient (Wildman–Crippen LogP) is 2.09. The van der Waals surface area contributed by atoms with E-state index >= 15 is 0 Å². The number of hydrogen-bond donors (Lipinski definition) is 1. The number of nitrogens with two attached hydrogens (primary N) is 1. The standard InChI is InChI=1S/C13H17NO/c1-4-12(14)7-5-11-6-8-13(15-3)10(2)9-11/h6,8-9,12H,4,14H2,1-3H3. The first-order valence-electron chi connectivity index (χ1n) is 5.09. The fourth-order valence-electron chi connectivity index (χ4n) is 1.23. The van der Waals surface area contributed by atoms with Gasteiger partial charge in [0.25, 0.3) is 0 Å². The van der Waals surface area contributed by atoms with Gasteiger partial charge in [0.15, 0.2) is 0 Å². The molecule has 0 saturated carbocycles. The highest BCUT2D eigenvalue weighted by Crippen LogP contribution is 2.17. The number of rotatable bonds is 2. The smallest absolute Gasteiger partial charge is 0.121 e. The second kappa shape index (κ2) is 5.43.